The summed E-state index contributed by atoms with van der Waals surface area (Å²) >= 11 is 1.56. The molecule has 4 aromatic rings. The number of rotatable bonds is 4. The van der Waals surface area contributed by atoms with E-state index in [-0.39, 0.29) is 0 Å². The Morgan fingerprint density at radius 3 is 2.52 bits per heavy atom. The van der Waals surface area contributed by atoms with Crippen molar-refractivity contribution < 1.29 is 0 Å². The molecule has 0 atom stereocenters. The maximum atomic E-state index is 4.65. The molecular formula is C21H17N3S. The topological polar surface area (TPSA) is 37.3 Å². The molecule has 0 saturated carbocycles. The lowest BCUT2D eigenvalue weighted by molar-refractivity contribution is 1.27. The zero-order valence-corrected chi connectivity index (χ0v) is 14.6. The van der Waals surface area contributed by atoms with Crippen molar-refractivity contribution in [3.63, 3.8) is 0 Å². The SMILES string of the molecule is C/C(=N\Nc1nc(-c2ccc3ccccc3c2)cs1)c1ccccc1. The zero-order chi connectivity index (χ0) is 17.1. The fraction of sp³-hybridized carbons (Fsp3) is 0.0476. The summed E-state index contributed by atoms with van der Waals surface area (Å²) in [4.78, 5) is 4.65. The lowest BCUT2D eigenvalue weighted by Gasteiger charge is -2.01. The second kappa shape index (κ2) is 6.87. The van der Waals surface area contributed by atoms with Crippen molar-refractivity contribution in [2.45, 2.75) is 6.92 Å². The van der Waals surface area contributed by atoms with Gasteiger partial charge in [0.05, 0.1) is 11.4 Å². The monoisotopic (exact) mass is 343 g/mol. The third kappa shape index (κ3) is 3.44. The highest BCUT2D eigenvalue weighted by atomic mass is 32.1. The van der Waals surface area contributed by atoms with E-state index in [1.165, 1.54) is 10.8 Å². The third-order valence-electron chi connectivity index (χ3n) is 4.06. The molecule has 3 aromatic carbocycles. The Labute approximate surface area is 150 Å². The molecular weight excluding hydrogens is 326 g/mol. The molecule has 1 aromatic heterocycles. The largest absolute Gasteiger partial charge is 0.252 e. The summed E-state index contributed by atoms with van der Waals surface area (Å²) < 4.78 is 0. The molecule has 0 aliphatic carbocycles. The Morgan fingerprint density at radius 1 is 0.920 bits per heavy atom. The van der Waals surface area contributed by atoms with Gasteiger partial charge in [-0.2, -0.15) is 5.10 Å². The number of hydrogen-bond acceptors (Lipinski definition) is 4. The molecule has 0 radical (unpaired) electrons. The number of fused-ring (bicyclic) bond motifs is 1. The average Bonchev–Trinajstić information content (AvgIpc) is 3.15. The Kier molecular flexibility index (Phi) is 4.27. The van der Waals surface area contributed by atoms with Gasteiger partial charge in [0.1, 0.15) is 0 Å². The maximum Gasteiger partial charge on any atom is 0.203 e. The van der Waals surface area contributed by atoms with Crippen LogP contribution in [0.5, 0.6) is 0 Å². The molecule has 122 valence electrons. The van der Waals surface area contributed by atoms with Crippen molar-refractivity contribution in [2.75, 3.05) is 5.43 Å². The molecule has 0 unspecified atom stereocenters. The van der Waals surface area contributed by atoms with Gasteiger partial charge in [-0.05, 0) is 29.3 Å². The van der Waals surface area contributed by atoms with Crippen LogP contribution in [-0.4, -0.2) is 10.7 Å². The quantitative estimate of drug-likeness (QED) is 0.375. The predicted octanol–water partition coefficient (Wildman–Crippen LogP) is 5.80. The molecule has 1 heterocycles. The Bertz CT molecular complexity index is 1040. The summed E-state index contributed by atoms with van der Waals surface area (Å²) in [5.41, 5.74) is 7.18. The second-order valence-corrected chi connectivity index (χ2v) is 6.63. The lowest BCUT2D eigenvalue weighted by Crippen LogP contribution is -1.99. The Morgan fingerprint density at radius 2 is 1.68 bits per heavy atom. The zero-order valence-electron chi connectivity index (χ0n) is 13.8. The predicted molar refractivity (Wildman–Crippen MR) is 107 cm³/mol. The van der Waals surface area contributed by atoms with Crippen LogP contribution in [0.3, 0.4) is 0 Å². The standard InChI is InChI=1S/C21H17N3S/c1-15(16-7-3-2-4-8-16)23-24-21-22-20(14-25-21)19-12-11-17-9-5-6-10-18(17)13-19/h2-14H,1H3,(H,22,24)/b23-15+. The summed E-state index contributed by atoms with van der Waals surface area (Å²) in [6.07, 6.45) is 0. The van der Waals surface area contributed by atoms with Crippen molar-refractivity contribution in [3.05, 3.63) is 83.7 Å². The van der Waals surface area contributed by atoms with Gasteiger partial charge in [-0.15, -0.1) is 11.3 Å². The summed E-state index contributed by atoms with van der Waals surface area (Å²) in [6.45, 7) is 1.99. The molecule has 0 saturated heterocycles. The van der Waals surface area contributed by atoms with E-state index >= 15 is 0 Å². The fourth-order valence-electron chi connectivity index (χ4n) is 2.68. The van der Waals surface area contributed by atoms with E-state index in [4.69, 9.17) is 0 Å². The van der Waals surface area contributed by atoms with Gasteiger partial charge < -0.3 is 0 Å². The van der Waals surface area contributed by atoms with Crippen LogP contribution in [-0.2, 0) is 0 Å². The minimum atomic E-state index is 0.790. The van der Waals surface area contributed by atoms with Gasteiger partial charge in [0.2, 0.25) is 5.13 Å². The lowest BCUT2D eigenvalue weighted by atomic mass is 10.1. The normalized spacial score (nSPS) is 11.6. The molecule has 4 heteroatoms. The molecule has 0 fully saturated rings. The van der Waals surface area contributed by atoms with Gasteiger partial charge in [0, 0.05) is 10.9 Å². The summed E-state index contributed by atoms with van der Waals surface area (Å²) in [6, 6.07) is 24.9. The molecule has 25 heavy (non-hydrogen) atoms. The van der Waals surface area contributed by atoms with Gasteiger partial charge in [0.25, 0.3) is 0 Å². The first-order chi connectivity index (χ1) is 12.3. The van der Waals surface area contributed by atoms with E-state index in [1.807, 2.05) is 37.3 Å². The Hall–Kier alpha value is -2.98. The second-order valence-electron chi connectivity index (χ2n) is 5.77. The fourth-order valence-corrected chi connectivity index (χ4v) is 3.34. The van der Waals surface area contributed by atoms with Gasteiger partial charge >= 0.3 is 0 Å². The van der Waals surface area contributed by atoms with Crippen LogP contribution in [0.1, 0.15) is 12.5 Å². The van der Waals surface area contributed by atoms with E-state index < -0.39 is 0 Å². The highest BCUT2D eigenvalue weighted by molar-refractivity contribution is 7.14. The van der Waals surface area contributed by atoms with Crippen LogP contribution in [0, 0.1) is 0 Å². The van der Waals surface area contributed by atoms with Crippen molar-refractivity contribution in [1.29, 1.82) is 0 Å². The molecule has 0 amide bonds. The smallest absolute Gasteiger partial charge is 0.203 e. The summed E-state index contributed by atoms with van der Waals surface area (Å²) in [5.74, 6) is 0. The molecule has 0 aliphatic rings. The number of anilines is 1. The molecule has 4 rings (SSSR count). The van der Waals surface area contributed by atoms with Crippen LogP contribution in [0.2, 0.25) is 0 Å². The third-order valence-corrected chi connectivity index (χ3v) is 4.81. The van der Waals surface area contributed by atoms with Crippen molar-refractivity contribution in [1.82, 2.24) is 4.98 Å². The van der Waals surface area contributed by atoms with E-state index in [0.29, 0.717) is 0 Å². The van der Waals surface area contributed by atoms with E-state index in [1.54, 1.807) is 11.3 Å². The maximum absolute atomic E-state index is 4.65. The van der Waals surface area contributed by atoms with Crippen LogP contribution in [0.15, 0.2) is 83.3 Å². The number of thiazole rings is 1. The highest BCUT2D eigenvalue weighted by Crippen LogP contribution is 2.27. The van der Waals surface area contributed by atoms with Crippen LogP contribution in [0.4, 0.5) is 5.13 Å². The first-order valence-corrected chi connectivity index (χ1v) is 8.98. The van der Waals surface area contributed by atoms with Crippen LogP contribution in [0.25, 0.3) is 22.0 Å². The minimum absolute atomic E-state index is 0.790. The average molecular weight is 343 g/mol. The highest BCUT2D eigenvalue weighted by Gasteiger charge is 2.05. The molecule has 0 bridgehead atoms. The van der Waals surface area contributed by atoms with Crippen molar-refractivity contribution in [3.8, 4) is 11.3 Å². The van der Waals surface area contributed by atoms with E-state index in [2.05, 4.69) is 63.4 Å². The van der Waals surface area contributed by atoms with Gasteiger partial charge in [-0.1, -0.05) is 66.7 Å². The number of hydrogen-bond donors (Lipinski definition) is 1. The summed E-state index contributed by atoms with van der Waals surface area (Å²) in [7, 11) is 0. The summed E-state index contributed by atoms with van der Waals surface area (Å²) in [5, 5.41) is 9.74. The molecule has 0 aliphatic heterocycles. The Balaban J connectivity index is 1.55. The number of nitrogens with one attached hydrogen (secondary N) is 1. The van der Waals surface area contributed by atoms with E-state index in [0.717, 1.165) is 27.7 Å². The number of nitrogens with zero attached hydrogens (tertiary/aromatic N) is 2. The van der Waals surface area contributed by atoms with Crippen LogP contribution >= 0.6 is 11.3 Å². The van der Waals surface area contributed by atoms with Crippen molar-refractivity contribution >= 4 is 33.0 Å². The molecule has 1 N–H and O–H groups in total. The molecule has 0 spiro atoms. The number of benzene rings is 3. The van der Waals surface area contributed by atoms with Gasteiger partial charge in [-0.25, -0.2) is 4.98 Å². The van der Waals surface area contributed by atoms with Gasteiger partial charge in [0.15, 0.2) is 0 Å². The van der Waals surface area contributed by atoms with Crippen molar-refractivity contribution in [2.24, 2.45) is 5.10 Å². The van der Waals surface area contributed by atoms with E-state index in [9.17, 15) is 0 Å². The minimum Gasteiger partial charge on any atom is -0.252 e. The first-order valence-electron chi connectivity index (χ1n) is 8.10. The van der Waals surface area contributed by atoms with Gasteiger partial charge in [-0.3, -0.25) is 5.43 Å². The number of aromatic nitrogens is 1. The van der Waals surface area contributed by atoms with Crippen LogP contribution < -0.4 is 5.43 Å². The first kappa shape index (κ1) is 15.5. The number of hydrazone groups is 1. The molecule has 3 nitrogen and oxygen atoms in total.